The van der Waals surface area contributed by atoms with Gasteiger partial charge in [0.1, 0.15) is 5.60 Å². The van der Waals surface area contributed by atoms with Gasteiger partial charge < -0.3 is 10.0 Å². The highest BCUT2D eigenvalue weighted by atomic mass is 16.3. The zero-order chi connectivity index (χ0) is 18.3. The van der Waals surface area contributed by atoms with Crippen molar-refractivity contribution in [1.29, 1.82) is 0 Å². The highest BCUT2D eigenvalue weighted by Crippen LogP contribution is 2.34. The van der Waals surface area contributed by atoms with Crippen molar-refractivity contribution >= 4 is 16.7 Å². The number of fused-ring (bicyclic) bond motifs is 1. The highest BCUT2D eigenvalue weighted by molar-refractivity contribution is 6.04. The van der Waals surface area contributed by atoms with Gasteiger partial charge in [0.15, 0.2) is 5.69 Å². The summed E-state index contributed by atoms with van der Waals surface area (Å²) in [6.45, 7) is 2.58. The fourth-order valence-corrected chi connectivity index (χ4v) is 3.71. The van der Waals surface area contributed by atoms with Gasteiger partial charge in [-0.05, 0) is 30.5 Å². The molecular weight excluding hydrogens is 330 g/mol. The van der Waals surface area contributed by atoms with Crippen LogP contribution in [0.5, 0.6) is 0 Å². The number of aryl methyl sites for hydroxylation is 1. The number of rotatable bonds is 2. The molecule has 0 saturated carbocycles. The number of aromatic amines is 1. The summed E-state index contributed by atoms with van der Waals surface area (Å²) in [5.41, 5.74) is 0.648. The Hall–Kier alpha value is -2.99. The number of hydrogen-bond donors (Lipinski definition) is 2. The van der Waals surface area contributed by atoms with Gasteiger partial charge in [0.05, 0.1) is 11.9 Å². The van der Waals surface area contributed by atoms with Crippen molar-refractivity contribution in [3.63, 3.8) is 0 Å². The summed E-state index contributed by atoms with van der Waals surface area (Å²) < 4.78 is 0. The average molecular weight is 349 g/mol. The van der Waals surface area contributed by atoms with Crippen LogP contribution >= 0.6 is 0 Å². The monoisotopic (exact) mass is 349 g/mol. The third-order valence-corrected chi connectivity index (χ3v) is 5.08. The van der Waals surface area contributed by atoms with Gasteiger partial charge in [-0.15, -0.1) is 0 Å². The molecule has 0 aliphatic carbocycles. The van der Waals surface area contributed by atoms with E-state index in [1.165, 1.54) is 0 Å². The first-order valence-electron chi connectivity index (χ1n) is 8.55. The van der Waals surface area contributed by atoms with E-state index in [1.54, 1.807) is 29.2 Å². The second kappa shape index (κ2) is 6.07. The summed E-state index contributed by atoms with van der Waals surface area (Å²) in [6.07, 6.45) is 0.463. The zero-order valence-corrected chi connectivity index (χ0v) is 14.4. The number of carbonyl (C=O) groups is 1. The normalized spacial score (nSPS) is 19.8. The maximum absolute atomic E-state index is 13.0. The first-order chi connectivity index (χ1) is 12.5. The molecule has 1 saturated heterocycles. The molecule has 2 aromatic carbocycles. The molecular formula is C20H19N3O3. The molecule has 2 heterocycles. The predicted octanol–water partition coefficient (Wildman–Crippen LogP) is 1.97. The number of H-pyrrole nitrogens is 1. The number of hydrogen-bond acceptors (Lipinski definition) is 4. The molecule has 1 aliphatic rings. The molecule has 132 valence electrons. The summed E-state index contributed by atoms with van der Waals surface area (Å²) in [7, 11) is 0. The lowest BCUT2D eigenvalue weighted by Crippen LogP contribution is -2.35. The van der Waals surface area contributed by atoms with Crippen LogP contribution in [0.4, 0.5) is 0 Å². The Morgan fingerprint density at radius 1 is 1.15 bits per heavy atom. The molecule has 0 spiro atoms. The van der Waals surface area contributed by atoms with E-state index in [2.05, 4.69) is 10.2 Å². The van der Waals surface area contributed by atoms with Gasteiger partial charge in [0, 0.05) is 11.9 Å². The molecule has 1 fully saturated rings. The van der Waals surface area contributed by atoms with E-state index in [1.807, 2.05) is 31.2 Å². The van der Waals surface area contributed by atoms with E-state index in [-0.39, 0.29) is 23.7 Å². The molecule has 1 amide bonds. The van der Waals surface area contributed by atoms with E-state index in [0.29, 0.717) is 23.7 Å². The van der Waals surface area contributed by atoms with Crippen molar-refractivity contribution in [3.8, 4) is 0 Å². The van der Waals surface area contributed by atoms with E-state index in [9.17, 15) is 14.7 Å². The second-order valence-corrected chi connectivity index (χ2v) is 6.77. The largest absolute Gasteiger partial charge is 0.383 e. The number of aliphatic hydroxyl groups is 1. The van der Waals surface area contributed by atoms with Gasteiger partial charge >= 0.3 is 0 Å². The first-order valence-corrected chi connectivity index (χ1v) is 8.55. The SMILES string of the molecule is Cc1ccccc1C1(O)CCN(C(=O)c2n[nH]c(=O)c3ccccc23)C1. The molecule has 1 aromatic heterocycles. The van der Waals surface area contributed by atoms with Gasteiger partial charge in [0.25, 0.3) is 11.5 Å². The predicted molar refractivity (Wildman–Crippen MR) is 98.0 cm³/mol. The number of nitrogens with one attached hydrogen (secondary N) is 1. The molecule has 6 heteroatoms. The fraction of sp³-hybridized carbons (Fsp3) is 0.250. The van der Waals surface area contributed by atoms with E-state index < -0.39 is 5.60 Å². The third-order valence-electron chi connectivity index (χ3n) is 5.08. The van der Waals surface area contributed by atoms with Gasteiger partial charge in [-0.25, -0.2) is 5.10 Å². The smallest absolute Gasteiger partial charge is 0.275 e. The number of amides is 1. The number of nitrogens with zero attached hydrogens (tertiary/aromatic N) is 2. The molecule has 26 heavy (non-hydrogen) atoms. The average Bonchev–Trinajstić information content (AvgIpc) is 3.05. The van der Waals surface area contributed by atoms with Crippen molar-refractivity contribution in [2.75, 3.05) is 13.1 Å². The number of aromatic nitrogens is 2. The van der Waals surface area contributed by atoms with Gasteiger partial charge in [-0.2, -0.15) is 5.10 Å². The van der Waals surface area contributed by atoms with Crippen LogP contribution in [0.25, 0.3) is 10.8 Å². The van der Waals surface area contributed by atoms with Crippen molar-refractivity contribution in [2.24, 2.45) is 0 Å². The molecule has 1 aliphatic heterocycles. The topological polar surface area (TPSA) is 86.3 Å². The van der Waals surface area contributed by atoms with Crippen LogP contribution in [-0.4, -0.2) is 39.2 Å². The molecule has 1 unspecified atom stereocenters. The van der Waals surface area contributed by atoms with Crippen LogP contribution in [0.1, 0.15) is 28.0 Å². The minimum absolute atomic E-state index is 0.200. The Kier molecular flexibility index (Phi) is 3.85. The van der Waals surface area contributed by atoms with E-state index in [4.69, 9.17) is 0 Å². The Morgan fingerprint density at radius 2 is 1.85 bits per heavy atom. The Morgan fingerprint density at radius 3 is 2.62 bits per heavy atom. The Bertz CT molecular complexity index is 1060. The summed E-state index contributed by atoms with van der Waals surface area (Å²) in [5, 5.41) is 18.4. The van der Waals surface area contributed by atoms with Crippen LogP contribution in [0, 0.1) is 6.92 Å². The minimum Gasteiger partial charge on any atom is -0.383 e. The lowest BCUT2D eigenvalue weighted by Gasteiger charge is -2.25. The molecule has 3 aromatic rings. The lowest BCUT2D eigenvalue weighted by molar-refractivity contribution is 0.0411. The van der Waals surface area contributed by atoms with Crippen LogP contribution in [0.15, 0.2) is 53.3 Å². The molecule has 0 radical (unpaired) electrons. The van der Waals surface area contributed by atoms with Gasteiger partial charge in [-0.3, -0.25) is 9.59 Å². The minimum atomic E-state index is -1.07. The summed E-state index contributed by atoms with van der Waals surface area (Å²) in [5.74, 6) is -0.290. The van der Waals surface area contributed by atoms with Crippen molar-refractivity contribution in [1.82, 2.24) is 15.1 Å². The summed E-state index contributed by atoms with van der Waals surface area (Å²) in [4.78, 5) is 26.5. The Labute approximate surface area is 150 Å². The van der Waals surface area contributed by atoms with E-state index >= 15 is 0 Å². The zero-order valence-electron chi connectivity index (χ0n) is 14.4. The number of likely N-dealkylation sites (tertiary alicyclic amines) is 1. The van der Waals surface area contributed by atoms with E-state index in [0.717, 1.165) is 11.1 Å². The van der Waals surface area contributed by atoms with Gasteiger partial charge in [-0.1, -0.05) is 42.5 Å². The number of carbonyl (C=O) groups excluding carboxylic acids is 1. The van der Waals surface area contributed by atoms with Crippen LogP contribution in [0.3, 0.4) is 0 Å². The molecule has 1 atom stereocenters. The van der Waals surface area contributed by atoms with Crippen LogP contribution in [-0.2, 0) is 5.60 Å². The maximum Gasteiger partial charge on any atom is 0.275 e. The first kappa shape index (κ1) is 16.5. The summed E-state index contributed by atoms with van der Waals surface area (Å²) >= 11 is 0. The van der Waals surface area contributed by atoms with Gasteiger partial charge in [0.2, 0.25) is 0 Å². The quantitative estimate of drug-likeness (QED) is 0.741. The van der Waals surface area contributed by atoms with Crippen molar-refractivity contribution in [3.05, 3.63) is 75.7 Å². The number of β-amino-alcohol motifs (C(OH)–C–C–N with tert-alkyl or cyclic N) is 1. The Balaban J connectivity index is 1.68. The number of benzene rings is 2. The standard InChI is InChI=1S/C20H19N3O3/c1-13-6-2-5-9-16(13)20(26)10-11-23(12-20)19(25)17-14-7-3-4-8-15(14)18(24)22-21-17/h2-9,26H,10-12H2,1H3,(H,22,24). The molecule has 2 N–H and O–H groups in total. The molecule has 6 nitrogen and oxygen atoms in total. The lowest BCUT2D eigenvalue weighted by atomic mass is 9.89. The van der Waals surface area contributed by atoms with Crippen molar-refractivity contribution in [2.45, 2.75) is 18.9 Å². The van der Waals surface area contributed by atoms with Crippen LogP contribution in [0.2, 0.25) is 0 Å². The summed E-state index contributed by atoms with van der Waals surface area (Å²) in [6, 6.07) is 14.6. The molecule has 0 bridgehead atoms. The maximum atomic E-state index is 13.0. The molecule has 4 rings (SSSR count). The fourth-order valence-electron chi connectivity index (χ4n) is 3.71. The highest BCUT2D eigenvalue weighted by Gasteiger charge is 2.41. The van der Waals surface area contributed by atoms with Crippen molar-refractivity contribution < 1.29 is 9.90 Å². The third kappa shape index (κ3) is 2.59. The van der Waals surface area contributed by atoms with Crippen LogP contribution < -0.4 is 5.56 Å². The second-order valence-electron chi connectivity index (χ2n) is 6.77.